The predicted octanol–water partition coefficient (Wildman–Crippen LogP) is 7.64. The molecule has 32 heavy (non-hydrogen) atoms. The fourth-order valence-corrected chi connectivity index (χ4v) is 4.72. The van der Waals surface area contributed by atoms with Gasteiger partial charge in [0, 0.05) is 11.6 Å². The third-order valence-electron chi connectivity index (χ3n) is 5.19. The highest BCUT2D eigenvalue weighted by Crippen LogP contribution is 2.35. The van der Waals surface area contributed by atoms with Crippen LogP contribution in [0, 0.1) is 0 Å². The van der Waals surface area contributed by atoms with Crippen LogP contribution in [0.25, 0.3) is 28.2 Å². The predicted molar refractivity (Wildman–Crippen MR) is 130 cm³/mol. The van der Waals surface area contributed by atoms with Gasteiger partial charge in [-0.2, -0.15) is 0 Å². The molecular formula is C25H15Cl2NO3S. The fraction of sp³-hybridized carbons (Fsp3) is 0.0400. The van der Waals surface area contributed by atoms with Crippen molar-refractivity contribution in [3.05, 3.63) is 99.1 Å². The minimum atomic E-state index is -0.333. The van der Waals surface area contributed by atoms with Crippen molar-refractivity contribution in [3.8, 4) is 11.3 Å². The molecule has 4 nitrogen and oxygen atoms in total. The van der Waals surface area contributed by atoms with Crippen molar-refractivity contribution in [2.24, 2.45) is 0 Å². The zero-order valence-electron chi connectivity index (χ0n) is 16.5. The van der Waals surface area contributed by atoms with Crippen molar-refractivity contribution in [2.45, 2.75) is 6.54 Å². The number of nitrogens with zero attached hydrogens (tertiary/aromatic N) is 1. The number of hydrogen-bond acceptors (Lipinski definition) is 4. The number of imide groups is 1. The van der Waals surface area contributed by atoms with Crippen LogP contribution in [-0.4, -0.2) is 16.0 Å². The second kappa shape index (κ2) is 8.51. The minimum Gasteiger partial charge on any atom is -0.457 e. The number of hydrogen-bond donors (Lipinski definition) is 0. The van der Waals surface area contributed by atoms with Gasteiger partial charge in [0.1, 0.15) is 11.5 Å². The molecule has 0 saturated carbocycles. The van der Waals surface area contributed by atoms with Gasteiger partial charge in [0.15, 0.2) is 0 Å². The van der Waals surface area contributed by atoms with E-state index in [1.807, 2.05) is 42.5 Å². The maximum Gasteiger partial charge on any atom is 0.293 e. The second-order valence-corrected chi connectivity index (χ2v) is 9.04. The molecule has 2 heterocycles. The fourth-order valence-electron chi connectivity index (χ4n) is 3.60. The molecule has 1 fully saturated rings. The number of amides is 2. The molecule has 4 aromatic rings. The van der Waals surface area contributed by atoms with E-state index in [9.17, 15) is 9.59 Å². The summed E-state index contributed by atoms with van der Waals surface area (Å²) in [5.41, 5.74) is 1.69. The van der Waals surface area contributed by atoms with Crippen molar-refractivity contribution in [1.82, 2.24) is 4.90 Å². The number of fused-ring (bicyclic) bond motifs is 1. The molecule has 2 amide bonds. The molecule has 1 aliphatic rings. The first-order valence-corrected chi connectivity index (χ1v) is 11.3. The molecule has 0 radical (unpaired) electrons. The van der Waals surface area contributed by atoms with Crippen molar-refractivity contribution in [1.29, 1.82) is 0 Å². The largest absolute Gasteiger partial charge is 0.457 e. The monoisotopic (exact) mass is 479 g/mol. The minimum absolute atomic E-state index is 0.218. The van der Waals surface area contributed by atoms with Gasteiger partial charge >= 0.3 is 0 Å². The maximum atomic E-state index is 13.0. The first kappa shape index (κ1) is 20.9. The Kier molecular flexibility index (Phi) is 5.55. The van der Waals surface area contributed by atoms with Crippen molar-refractivity contribution in [2.75, 3.05) is 0 Å². The average Bonchev–Trinajstić information content (AvgIpc) is 3.36. The van der Waals surface area contributed by atoms with E-state index in [0.29, 0.717) is 26.5 Å². The summed E-state index contributed by atoms with van der Waals surface area (Å²) in [5, 5.41) is 2.68. The third-order valence-corrected chi connectivity index (χ3v) is 6.83. The smallest absolute Gasteiger partial charge is 0.293 e. The summed E-state index contributed by atoms with van der Waals surface area (Å²) < 4.78 is 5.85. The number of carbonyl (C=O) groups is 2. The van der Waals surface area contributed by atoms with E-state index in [-0.39, 0.29) is 17.7 Å². The summed E-state index contributed by atoms with van der Waals surface area (Å²) in [4.78, 5) is 27.1. The quantitative estimate of drug-likeness (QED) is 0.282. The first-order valence-electron chi connectivity index (χ1n) is 9.77. The molecular weight excluding hydrogens is 465 g/mol. The van der Waals surface area contributed by atoms with Gasteiger partial charge in [0.05, 0.1) is 21.5 Å². The Bertz CT molecular complexity index is 1400. The van der Waals surface area contributed by atoms with E-state index >= 15 is 0 Å². The highest BCUT2D eigenvalue weighted by atomic mass is 35.5. The maximum absolute atomic E-state index is 13.0. The number of furan rings is 1. The van der Waals surface area contributed by atoms with Crippen molar-refractivity contribution < 1.29 is 14.0 Å². The van der Waals surface area contributed by atoms with Crippen LogP contribution >= 0.6 is 35.0 Å². The molecule has 158 valence electrons. The molecule has 0 bridgehead atoms. The summed E-state index contributed by atoms with van der Waals surface area (Å²) in [6.45, 7) is 0.218. The third kappa shape index (κ3) is 3.95. The van der Waals surface area contributed by atoms with Crippen LogP contribution in [0.4, 0.5) is 4.79 Å². The van der Waals surface area contributed by atoms with Crippen LogP contribution in [0.3, 0.4) is 0 Å². The lowest BCUT2D eigenvalue weighted by Gasteiger charge is -2.14. The van der Waals surface area contributed by atoms with Gasteiger partial charge < -0.3 is 4.42 Å². The molecule has 0 aliphatic carbocycles. The van der Waals surface area contributed by atoms with Gasteiger partial charge in [0.25, 0.3) is 11.1 Å². The van der Waals surface area contributed by atoms with Crippen LogP contribution in [0.2, 0.25) is 10.0 Å². The SMILES string of the molecule is O=C1S/C(=C\c2ccc(-c3ccc(Cl)c(Cl)c3)o2)C(=O)N1Cc1cccc2ccccc12. The van der Waals surface area contributed by atoms with E-state index in [2.05, 4.69) is 0 Å². The lowest BCUT2D eigenvalue weighted by atomic mass is 10.0. The Hall–Kier alpha value is -2.99. The number of benzene rings is 3. The normalized spacial score (nSPS) is 15.3. The molecule has 0 unspecified atom stereocenters. The van der Waals surface area contributed by atoms with Crippen LogP contribution in [0.15, 0.2) is 82.1 Å². The first-order chi connectivity index (χ1) is 15.5. The summed E-state index contributed by atoms with van der Waals surface area (Å²) in [6, 6.07) is 22.5. The van der Waals surface area contributed by atoms with E-state index < -0.39 is 0 Å². The van der Waals surface area contributed by atoms with Crippen LogP contribution < -0.4 is 0 Å². The molecule has 3 aromatic carbocycles. The molecule has 1 aromatic heterocycles. The average molecular weight is 480 g/mol. The Labute approximate surface area is 198 Å². The lowest BCUT2D eigenvalue weighted by molar-refractivity contribution is -0.123. The summed E-state index contributed by atoms with van der Waals surface area (Å²) in [7, 11) is 0. The topological polar surface area (TPSA) is 50.5 Å². The molecule has 0 atom stereocenters. The Morgan fingerprint density at radius 2 is 1.72 bits per heavy atom. The van der Waals surface area contributed by atoms with Gasteiger partial charge in [-0.15, -0.1) is 0 Å². The lowest BCUT2D eigenvalue weighted by Crippen LogP contribution is -2.27. The molecule has 5 rings (SSSR count). The molecule has 0 spiro atoms. The second-order valence-electron chi connectivity index (χ2n) is 7.24. The van der Waals surface area contributed by atoms with Gasteiger partial charge in [-0.25, -0.2) is 0 Å². The summed E-state index contributed by atoms with van der Waals surface area (Å²) in [6.07, 6.45) is 1.59. The Balaban J connectivity index is 1.39. The van der Waals surface area contributed by atoms with E-state index in [1.165, 1.54) is 4.90 Å². The van der Waals surface area contributed by atoms with E-state index in [4.69, 9.17) is 27.6 Å². The van der Waals surface area contributed by atoms with E-state index in [1.54, 1.807) is 36.4 Å². The molecule has 0 N–H and O–H groups in total. The van der Waals surface area contributed by atoms with Crippen LogP contribution in [0.1, 0.15) is 11.3 Å². The number of carbonyl (C=O) groups excluding carboxylic acids is 2. The highest BCUT2D eigenvalue weighted by Gasteiger charge is 2.35. The van der Waals surface area contributed by atoms with Crippen molar-refractivity contribution in [3.63, 3.8) is 0 Å². The zero-order chi connectivity index (χ0) is 22.2. The van der Waals surface area contributed by atoms with E-state index in [0.717, 1.165) is 33.7 Å². The summed E-state index contributed by atoms with van der Waals surface area (Å²) in [5.74, 6) is 0.729. The van der Waals surface area contributed by atoms with Gasteiger partial charge in [-0.3, -0.25) is 14.5 Å². The van der Waals surface area contributed by atoms with Gasteiger partial charge in [0.2, 0.25) is 0 Å². The molecule has 7 heteroatoms. The van der Waals surface area contributed by atoms with Gasteiger partial charge in [-0.05, 0) is 58.4 Å². The van der Waals surface area contributed by atoms with Crippen LogP contribution in [0.5, 0.6) is 0 Å². The Morgan fingerprint density at radius 3 is 2.56 bits per heavy atom. The van der Waals surface area contributed by atoms with Crippen molar-refractivity contribution >= 4 is 63.0 Å². The Morgan fingerprint density at radius 1 is 0.906 bits per heavy atom. The standard InChI is InChI=1S/C25H15Cl2NO3S/c26-20-10-8-16(12-21(20)27)22-11-9-18(31-22)13-23-24(29)28(25(30)32-23)14-17-6-3-5-15-4-1-2-7-19(15)17/h1-13H,14H2/b23-13-. The number of rotatable bonds is 4. The van der Waals surface area contributed by atoms with Gasteiger partial charge in [-0.1, -0.05) is 65.7 Å². The highest BCUT2D eigenvalue weighted by molar-refractivity contribution is 8.18. The van der Waals surface area contributed by atoms with Crippen LogP contribution in [-0.2, 0) is 11.3 Å². The number of thioether (sulfide) groups is 1. The summed E-state index contributed by atoms with van der Waals surface area (Å²) >= 11 is 13.0. The number of halogens is 2. The zero-order valence-corrected chi connectivity index (χ0v) is 18.9. The molecule has 1 saturated heterocycles. The molecule has 1 aliphatic heterocycles.